The number of hydrogen-bond acceptors (Lipinski definition) is 6. The van der Waals surface area contributed by atoms with Gasteiger partial charge >= 0.3 is 5.69 Å². The van der Waals surface area contributed by atoms with Crippen molar-refractivity contribution in [3.63, 3.8) is 0 Å². The van der Waals surface area contributed by atoms with E-state index in [1.807, 2.05) is 24.3 Å². The summed E-state index contributed by atoms with van der Waals surface area (Å²) in [6, 6.07) is 12.4. The molecule has 9 heteroatoms. The number of benzene rings is 2. The van der Waals surface area contributed by atoms with Gasteiger partial charge < -0.3 is 10.6 Å². The highest BCUT2D eigenvalue weighted by Gasteiger charge is 2.23. The van der Waals surface area contributed by atoms with Crippen molar-refractivity contribution in [2.45, 2.75) is 19.8 Å². The molecule has 1 aromatic heterocycles. The minimum Gasteiger partial charge on any atom is -0.334 e. The van der Waals surface area contributed by atoms with Crippen molar-refractivity contribution in [3.8, 4) is 0 Å². The highest BCUT2D eigenvalue weighted by Crippen LogP contribution is 2.34. The predicted octanol–water partition coefficient (Wildman–Crippen LogP) is 6.30. The third-order valence-corrected chi connectivity index (χ3v) is 4.77. The molecule has 144 valence electrons. The van der Waals surface area contributed by atoms with E-state index < -0.39 is 4.92 Å². The Morgan fingerprint density at radius 2 is 1.50 bits per heavy atom. The minimum atomic E-state index is -0.537. The van der Waals surface area contributed by atoms with Crippen molar-refractivity contribution in [1.29, 1.82) is 0 Å². The maximum Gasteiger partial charge on any atom is 0.353 e. The lowest BCUT2D eigenvalue weighted by atomic mass is 10.0. The fourth-order valence-corrected chi connectivity index (χ4v) is 2.83. The van der Waals surface area contributed by atoms with Gasteiger partial charge in [0.1, 0.15) is 6.33 Å². The van der Waals surface area contributed by atoms with E-state index in [1.54, 1.807) is 18.2 Å². The maximum absolute atomic E-state index is 11.7. The molecule has 2 N–H and O–H groups in total. The molecule has 2 aromatic carbocycles. The number of halogens is 2. The first-order valence-corrected chi connectivity index (χ1v) is 9.19. The van der Waals surface area contributed by atoms with Gasteiger partial charge in [0.2, 0.25) is 11.6 Å². The minimum absolute atomic E-state index is 0.0414. The van der Waals surface area contributed by atoms with Gasteiger partial charge in [-0.05, 0) is 41.8 Å². The van der Waals surface area contributed by atoms with E-state index in [-0.39, 0.29) is 17.3 Å². The zero-order valence-corrected chi connectivity index (χ0v) is 16.6. The van der Waals surface area contributed by atoms with Crippen LogP contribution in [0, 0.1) is 10.1 Å². The number of rotatable bonds is 6. The summed E-state index contributed by atoms with van der Waals surface area (Å²) >= 11 is 11.9. The van der Waals surface area contributed by atoms with Gasteiger partial charge in [0.05, 0.1) is 15.0 Å². The second-order valence-corrected chi connectivity index (χ2v) is 7.15. The number of nitrogens with zero attached hydrogens (tertiary/aromatic N) is 3. The zero-order chi connectivity index (χ0) is 20.3. The maximum atomic E-state index is 11.7. The molecule has 0 saturated carbocycles. The molecule has 0 bridgehead atoms. The van der Waals surface area contributed by atoms with Crippen LogP contribution in [0.3, 0.4) is 0 Å². The molecule has 0 amide bonds. The second-order valence-electron chi connectivity index (χ2n) is 6.33. The number of anilines is 4. The van der Waals surface area contributed by atoms with Crippen molar-refractivity contribution in [1.82, 2.24) is 9.97 Å². The summed E-state index contributed by atoms with van der Waals surface area (Å²) in [7, 11) is 0. The van der Waals surface area contributed by atoms with Crippen LogP contribution in [0.15, 0.2) is 48.8 Å². The molecule has 3 rings (SSSR count). The van der Waals surface area contributed by atoms with Crippen LogP contribution in [0.5, 0.6) is 0 Å². The Kier molecular flexibility index (Phi) is 5.96. The van der Waals surface area contributed by atoms with Crippen LogP contribution in [0.1, 0.15) is 25.3 Å². The normalized spacial score (nSPS) is 10.8. The van der Waals surface area contributed by atoms with Gasteiger partial charge in [-0.3, -0.25) is 10.1 Å². The summed E-state index contributed by atoms with van der Waals surface area (Å²) < 4.78 is 0. The quantitative estimate of drug-likeness (QED) is 0.360. The highest BCUT2D eigenvalue weighted by molar-refractivity contribution is 6.42. The molecule has 7 nitrogen and oxygen atoms in total. The lowest BCUT2D eigenvalue weighted by Gasteiger charge is -2.11. The third kappa shape index (κ3) is 4.49. The first kappa shape index (κ1) is 19.9. The Hall–Kier alpha value is -2.90. The topological polar surface area (TPSA) is 93.0 Å². The summed E-state index contributed by atoms with van der Waals surface area (Å²) in [4.78, 5) is 19.2. The Morgan fingerprint density at radius 3 is 2.04 bits per heavy atom. The van der Waals surface area contributed by atoms with Gasteiger partial charge in [0, 0.05) is 11.4 Å². The van der Waals surface area contributed by atoms with Gasteiger partial charge in [0.25, 0.3) is 0 Å². The standard InChI is InChI=1S/C19H17Cl2N5O2/c1-11(2)12-3-5-13(6-4-12)24-18-17(26(27)28)19(23-10-22-18)25-14-7-8-15(20)16(21)9-14/h3-11H,1-2H3,(H2,22,23,24,25). The van der Waals surface area contributed by atoms with E-state index in [1.165, 1.54) is 11.9 Å². The second kappa shape index (κ2) is 8.41. The summed E-state index contributed by atoms with van der Waals surface area (Å²) in [5, 5.41) is 18.3. The summed E-state index contributed by atoms with van der Waals surface area (Å²) in [5.74, 6) is 0.518. The average molecular weight is 418 g/mol. The average Bonchev–Trinajstić information content (AvgIpc) is 2.65. The largest absolute Gasteiger partial charge is 0.353 e. The summed E-state index contributed by atoms with van der Waals surface area (Å²) in [6.07, 6.45) is 1.25. The fraction of sp³-hybridized carbons (Fsp3) is 0.158. The molecule has 0 fully saturated rings. The Bertz CT molecular complexity index is 1010. The lowest BCUT2D eigenvalue weighted by molar-refractivity contribution is -0.383. The molecule has 3 aromatic rings. The van der Waals surface area contributed by atoms with Crippen LogP contribution in [0.2, 0.25) is 10.0 Å². The molecule has 28 heavy (non-hydrogen) atoms. The summed E-state index contributed by atoms with van der Waals surface area (Å²) in [5.41, 5.74) is 2.10. The third-order valence-electron chi connectivity index (χ3n) is 4.03. The van der Waals surface area contributed by atoms with Crippen molar-refractivity contribution in [2.75, 3.05) is 10.6 Å². The molecule has 0 aliphatic heterocycles. The van der Waals surface area contributed by atoms with Gasteiger partial charge in [0.15, 0.2) is 0 Å². The van der Waals surface area contributed by atoms with Crippen molar-refractivity contribution < 1.29 is 4.92 Å². The monoisotopic (exact) mass is 417 g/mol. The van der Waals surface area contributed by atoms with Crippen LogP contribution in [-0.4, -0.2) is 14.9 Å². The zero-order valence-electron chi connectivity index (χ0n) is 15.1. The number of nitrogens with one attached hydrogen (secondary N) is 2. The molecule has 0 atom stereocenters. The molecule has 0 aliphatic carbocycles. The van der Waals surface area contributed by atoms with E-state index in [2.05, 4.69) is 34.4 Å². The van der Waals surface area contributed by atoms with Crippen LogP contribution in [-0.2, 0) is 0 Å². The number of aromatic nitrogens is 2. The SMILES string of the molecule is CC(C)c1ccc(Nc2ncnc(Nc3ccc(Cl)c(Cl)c3)c2[N+](=O)[O-])cc1. The first-order chi connectivity index (χ1) is 13.3. The van der Waals surface area contributed by atoms with Gasteiger partial charge in [-0.2, -0.15) is 0 Å². The van der Waals surface area contributed by atoms with Gasteiger partial charge in [-0.1, -0.05) is 49.2 Å². The van der Waals surface area contributed by atoms with E-state index in [9.17, 15) is 10.1 Å². The Balaban J connectivity index is 1.92. The molecule has 0 saturated heterocycles. The number of hydrogen-bond donors (Lipinski definition) is 2. The van der Waals surface area contributed by atoms with E-state index in [4.69, 9.17) is 23.2 Å². The predicted molar refractivity (Wildman–Crippen MR) is 112 cm³/mol. The molecule has 0 unspecified atom stereocenters. The van der Waals surface area contributed by atoms with E-state index in [0.717, 1.165) is 0 Å². The molecular weight excluding hydrogens is 401 g/mol. The Labute approximate surface area is 171 Å². The van der Waals surface area contributed by atoms with Crippen molar-refractivity contribution in [3.05, 3.63) is 74.5 Å². The molecule has 0 radical (unpaired) electrons. The summed E-state index contributed by atoms with van der Waals surface area (Å²) in [6.45, 7) is 4.19. The van der Waals surface area contributed by atoms with Gasteiger partial charge in [-0.15, -0.1) is 0 Å². The number of nitro groups is 1. The first-order valence-electron chi connectivity index (χ1n) is 8.43. The highest BCUT2D eigenvalue weighted by atomic mass is 35.5. The van der Waals surface area contributed by atoms with E-state index >= 15 is 0 Å². The van der Waals surface area contributed by atoms with Crippen molar-refractivity contribution in [2.24, 2.45) is 0 Å². The molecule has 0 spiro atoms. The van der Waals surface area contributed by atoms with Crippen LogP contribution in [0.25, 0.3) is 0 Å². The fourth-order valence-electron chi connectivity index (χ4n) is 2.53. The molecule has 1 heterocycles. The molecule has 0 aliphatic rings. The van der Waals surface area contributed by atoms with E-state index in [0.29, 0.717) is 27.3 Å². The van der Waals surface area contributed by atoms with Crippen LogP contribution in [0.4, 0.5) is 28.7 Å². The van der Waals surface area contributed by atoms with Gasteiger partial charge in [-0.25, -0.2) is 9.97 Å². The lowest BCUT2D eigenvalue weighted by Crippen LogP contribution is -2.05. The Morgan fingerprint density at radius 1 is 0.929 bits per heavy atom. The smallest absolute Gasteiger partial charge is 0.334 e. The molecular formula is C19H17Cl2N5O2. The van der Waals surface area contributed by atoms with Crippen LogP contribution >= 0.6 is 23.2 Å². The van der Waals surface area contributed by atoms with Crippen molar-refractivity contribution >= 4 is 51.9 Å². The van der Waals surface area contributed by atoms with Crippen LogP contribution < -0.4 is 10.6 Å².